The molecule has 2 aromatic rings. The monoisotopic (exact) mass is 271 g/mol. The van der Waals surface area contributed by atoms with Crippen LogP contribution < -0.4 is 5.32 Å². The van der Waals surface area contributed by atoms with Crippen LogP contribution >= 0.6 is 11.8 Å². The highest BCUT2D eigenvalue weighted by atomic mass is 32.2. The maximum Gasteiger partial charge on any atom is 0.251 e. The second kappa shape index (κ2) is 6.43. The van der Waals surface area contributed by atoms with E-state index < -0.39 is 0 Å². The van der Waals surface area contributed by atoms with Crippen LogP contribution in [0.5, 0.6) is 0 Å². The summed E-state index contributed by atoms with van der Waals surface area (Å²) in [6.45, 7) is 1.99. The maximum absolute atomic E-state index is 12.1. The molecule has 0 fully saturated rings. The molecule has 2 nitrogen and oxygen atoms in total. The van der Waals surface area contributed by atoms with E-state index in [4.69, 9.17) is 0 Å². The number of nitrogens with one attached hydrogen (secondary N) is 1. The summed E-state index contributed by atoms with van der Waals surface area (Å²) < 4.78 is 0. The van der Waals surface area contributed by atoms with Crippen LogP contribution in [0.3, 0.4) is 0 Å². The smallest absolute Gasteiger partial charge is 0.251 e. The van der Waals surface area contributed by atoms with Crippen molar-refractivity contribution >= 4 is 17.7 Å². The molecule has 0 aliphatic carbocycles. The van der Waals surface area contributed by atoms with Crippen LogP contribution in [0.4, 0.5) is 0 Å². The topological polar surface area (TPSA) is 29.1 Å². The lowest BCUT2D eigenvalue weighted by molar-refractivity contribution is 0.0940. The molecule has 1 N–H and O–H groups in total. The standard InChI is InChI=1S/C16H17NOS/c1-12(13-6-4-3-5-7-13)17-16(18)14-8-10-15(19-2)11-9-14/h3-12H,1-2H3,(H,17,18)/t12-/m0/s1. The van der Waals surface area contributed by atoms with Crippen molar-refractivity contribution in [3.05, 3.63) is 65.7 Å². The van der Waals surface area contributed by atoms with Crippen molar-refractivity contribution in [3.63, 3.8) is 0 Å². The fourth-order valence-electron chi connectivity index (χ4n) is 1.85. The molecule has 19 heavy (non-hydrogen) atoms. The Hall–Kier alpha value is -1.74. The van der Waals surface area contributed by atoms with E-state index in [0.717, 1.165) is 10.5 Å². The van der Waals surface area contributed by atoms with E-state index in [2.05, 4.69) is 5.32 Å². The van der Waals surface area contributed by atoms with Gasteiger partial charge in [0.25, 0.3) is 5.91 Å². The summed E-state index contributed by atoms with van der Waals surface area (Å²) in [5.74, 6) is -0.0380. The van der Waals surface area contributed by atoms with Gasteiger partial charge in [-0.25, -0.2) is 0 Å². The number of benzene rings is 2. The van der Waals surface area contributed by atoms with Crippen molar-refractivity contribution in [3.8, 4) is 0 Å². The normalized spacial score (nSPS) is 11.9. The number of amides is 1. The lowest BCUT2D eigenvalue weighted by Crippen LogP contribution is -2.26. The molecule has 98 valence electrons. The van der Waals surface area contributed by atoms with Gasteiger partial charge in [-0.15, -0.1) is 11.8 Å². The van der Waals surface area contributed by atoms with Gasteiger partial charge in [0.05, 0.1) is 6.04 Å². The Kier molecular flexibility index (Phi) is 4.63. The average Bonchev–Trinajstić information content (AvgIpc) is 2.48. The molecule has 0 unspecified atom stereocenters. The lowest BCUT2D eigenvalue weighted by Gasteiger charge is -2.14. The van der Waals surface area contributed by atoms with Gasteiger partial charge in [0, 0.05) is 10.5 Å². The maximum atomic E-state index is 12.1. The van der Waals surface area contributed by atoms with Crippen LogP contribution in [0, 0.1) is 0 Å². The van der Waals surface area contributed by atoms with E-state index in [1.165, 1.54) is 0 Å². The fraction of sp³-hybridized carbons (Fsp3) is 0.188. The Morgan fingerprint density at radius 3 is 2.26 bits per heavy atom. The number of thioether (sulfide) groups is 1. The van der Waals surface area contributed by atoms with Gasteiger partial charge in [0.15, 0.2) is 0 Å². The third-order valence-corrected chi connectivity index (χ3v) is 3.74. The van der Waals surface area contributed by atoms with Gasteiger partial charge >= 0.3 is 0 Å². The minimum absolute atomic E-state index is 0.00827. The Bertz CT molecular complexity index is 536. The van der Waals surface area contributed by atoms with Crippen LogP contribution in [0.25, 0.3) is 0 Å². The Balaban J connectivity index is 2.04. The van der Waals surface area contributed by atoms with E-state index in [1.54, 1.807) is 11.8 Å². The first-order valence-corrected chi connectivity index (χ1v) is 7.43. The summed E-state index contributed by atoms with van der Waals surface area (Å²) in [6, 6.07) is 17.6. The molecule has 0 aliphatic heterocycles. The molecule has 1 atom stereocenters. The largest absolute Gasteiger partial charge is 0.346 e. The zero-order valence-corrected chi connectivity index (χ0v) is 11.9. The number of hydrogen-bond acceptors (Lipinski definition) is 2. The number of rotatable bonds is 4. The molecule has 2 aromatic carbocycles. The van der Waals surface area contributed by atoms with Crippen LogP contribution in [-0.2, 0) is 0 Å². The van der Waals surface area contributed by atoms with Gasteiger partial charge in [-0.2, -0.15) is 0 Å². The van der Waals surface area contributed by atoms with E-state index in [0.29, 0.717) is 5.56 Å². The van der Waals surface area contributed by atoms with Crippen LogP contribution in [0.15, 0.2) is 59.5 Å². The van der Waals surface area contributed by atoms with Gasteiger partial charge < -0.3 is 5.32 Å². The molecular formula is C16H17NOS. The van der Waals surface area contributed by atoms with E-state index in [-0.39, 0.29) is 11.9 Å². The summed E-state index contributed by atoms with van der Waals surface area (Å²) >= 11 is 1.67. The molecule has 0 saturated heterocycles. The summed E-state index contributed by atoms with van der Waals surface area (Å²) in [4.78, 5) is 13.3. The van der Waals surface area contributed by atoms with Crippen molar-refractivity contribution in [2.24, 2.45) is 0 Å². The Morgan fingerprint density at radius 2 is 1.68 bits per heavy atom. The minimum atomic E-state index is -0.0380. The molecule has 0 saturated carbocycles. The van der Waals surface area contributed by atoms with Gasteiger partial charge in [-0.1, -0.05) is 30.3 Å². The highest BCUT2D eigenvalue weighted by molar-refractivity contribution is 7.98. The molecule has 2 rings (SSSR count). The predicted molar refractivity (Wildman–Crippen MR) is 80.5 cm³/mol. The average molecular weight is 271 g/mol. The molecule has 0 spiro atoms. The summed E-state index contributed by atoms with van der Waals surface area (Å²) in [5, 5.41) is 3.00. The van der Waals surface area contributed by atoms with Gasteiger partial charge in [-0.3, -0.25) is 4.79 Å². The van der Waals surface area contributed by atoms with Crippen LogP contribution in [0.1, 0.15) is 28.9 Å². The first-order chi connectivity index (χ1) is 9.20. The van der Waals surface area contributed by atoms with E-state index in [9.17, 15) is 4.79 Å². The SMILES string of the molecule is CSc1ccc(C(=O)N[C@@H](C)c2ccccc2)cc1. The van der Waals surface area contributed by atoms with Gasteiger partial charge in [0.2, 0.25) is 0 Å². The lowest BCUT2D eigenvalue weighted by atomic mass is 10.1. The Labute approximate surface area is 118 Å². The van der Waals surface area contributed by atoms with Crippen molar-refractivity contribution < 1.29 is 4.79 Å². The van der Waals surface area contributed by atoms with Crippen LogP contribution in [-0.4, -0.2) is 12.2 Å². The first-order valence-electron chi connectivity index (χ1n) is 6.20. The van der Waals surface area contributed by atoms with Crippen molar-refractivity contribution in [1.29, 1.82) is 0 Å². The first kappa shape index (κ1) is 13.7. The zero-order valence-electron chi connectivity index (χ0n) is 11.1. The third kappa shape index (κ3) is 3.61. The molecule has 3 heteroatoms. The summed E-state index contributed by atoms with van der Waals surface area (Å²) in [6.07, 6.45) is 2.02. The third-order valence-electron chi connectivity index (χ3n) is 3.00. The molecule has 1 amide bonds. The minimum Gasteiger partial charge on any atom is -0.346 e. The second-order valence-corrected chi connectivity index (χ2v) is 5.21. The second-order valence-electron chi connectivity index (χ2n) is 4.33. The van der Waals surface area contributed by atoms with E-state index in [1.807, 2.05) is 67.8 Å². The fourth-order valence-corrected chi connectivity index (χ4v) is 2.26. The Morgan fingerprint density at radius 1 is 1.05 bits per heavy atom. The van der Waals surface area contributed by atoms with Crippen molar-refractivity contribution in [2.45, 2.75) is 17.9 Å². The highest BCUT2D eigenvalue weighted by Crippen LogP contribution is 2.16. The number of carbonyl (C=O) groups excluding carboxylic acids is 1. The highest BCUT2D eigenvalue weighted by Gasteiger charge is 2.10. The molecular weight excluding hydrogens is 254 g/mol. The molecule has 0 radical (unpaired) electrons. The molecule has 0 aromatic heterocycles. The predicted octanol–water partition coefficient (Wildman–Crippen LogP) is 3.90. The zero-order chi connectivity index (χ0) is 13.7. The van der Waals surface area contributed by atoms with Crippen molar-refractivity contribution in [1.82, 2.24) is 5.32 Å². The quantitative estimate of drug-likeness (QED) is 0.854. The molecule has 0 heterocycles. The molecule has 0 aliphatic rings. The van der Waals surface area contributed by atoms with Gasteiger partial charge in [-0.05, 0) is 43.0 Å². The number of carbonyl (C=O) groups is 1. The summed E-state index contributed by atoms with van der Waals surface area (Å²) in [5.41, 5.74) is 1.80. The van der Waals surface area contributed by atoms with E-state index >= 15 is 0 Å². The number of hydrogen-bond donors (Lipinski definition) is 1. The van der Waals surface area contributed by atoms with Crippen molar-refractivity contribution in [2.75, 3.05) is 6.26 Å². The summed E-state index contributed by atoms with van der Waals surface area (Å²) in [7, 11) is 0. The molecule has 0 bridgehead atoms. The van der Waals surface area contributed by atoms with Crippen LogP contribution in [0.2, 0.25) is 0 Å². The van der Waals surface area contributed by atoms with Gasteiger partial charge in [0.1, 0.15) is 0 Å².